The van der Waals surface area contributed by atoms with E-state index in [0.29, 0.717) is 16.0 Å². The highest BCUT2D eigenvalue weighted by Gasteiger charge is 2.15. The molecule has 3 nitrogen and oxygen atoms in total. The number of halogens is 2. The summed E-state index contributed by atoms with van der Waals surface area (Å²) in [4.78, 5) is 4.20. The number of fused-ring (bicyclic) bond motifs is 1. The van der Waals surface area contributed by atoms with E-state index in [4.69, 9.17) is 23.2 Å². The van der Waals surface area contributed by atoms with Gasteiger partial charge in [0, 0.05) is 11.6 Å². The molecule has 0 unspecified atom stereocenters. The fraction of sp³-hybridized carbons (Fsp3) is 0.333. The molecule has 0 aliphatic rings. The predicted molar refractivity (Wildman–Crippen MR) is 57.1 cm³/mol. The predicted octanol–water partition coefficient (Wildman–Crippen LogP) is 3.16. The van der Waals surface area contributed by atoms with Crippen LogP contribution in [0.5, 0.6) is 0 Å². The molecule has 0 fully saturated rings. The highest BCUT2D eigenvalue weighted by atomic mass is 35.5. The first-order valence-electron chi connectivity index (χ1n) is 4.30. The van der Waals surface area contributed by atoms with E-state index >= 15 is 0 Å². The molecule has 2 heterocycles. The van der Waals surface area contributed by atoms with E-state index in [0.717, 1.165) is 5.56 Å². The van der Waals surface area contributed by atoms with E-state index in [1.807, 2.05) is 13.8 Å². The summed E-state index contributed by atoms with van der Waals surface area (Å²) in [6.07, 6.45) is 1.65. The lowest BCUT2D eigenvalue weighted by Crippen LogP contribution is -2.01. The first-order valence-corrected chi connectivity index (χ1v) is 5.05. The Morgan fingerprint density at radius 3 is 2.71 bits per heavy atom. The zero-order valence-corrected chi connectivity index (χ0v) is 9.34. The first kappa shape index (κ1) is 9.74. The number of aromatic nitrogens is 3. The molecule has 0 saturated heterocycles. The molecule has 2 aromatic rings. The zero-order chi connectivity index (χ0) is 10.3. The van der Waals surface area contributed by atoms with Gasteiger partial charge in [-0.3, -0.25) is 0 Å². The molecule has 2 rings (SSSR count). The molecule has 0 aliphatic heterocycles. The van der Waals surface area contributed by atoms with Gasteiger partial charge in [-0.2, -0.15) is 5.10 Å². The lowest BCUT2D eigenvalue weighted by Gasteiger charge is -2.10. The SMILES string of the molecule is CC(C)c1c(Cl)nc2ccnn2c1Cl. The Hall–Kier alpha value is -0.800. The molecule has 0 N–H and O–H groups in total. The summed E-state index contributed by atoms with van der Waals surface area (Å²) in [5, 5.41) is 5.06. The van der Waals surface area contributed by atoms with Crippen molar-refractivity contribution in [2.45, 2.75) is 19.8 Å². The number of hydrogen-bond donors (Lipinski definition) is 0. The normalized spacial score (nSPS) is 11.5. The monoisotopic (exact) mass is 229 g/mol. The Bertz CT molecular complexity index is 476. The van der Waals surface area contributed by atoms with Crippen molar-refractivity contribution >= 4 is 28.8 Å². The molecule has 0 radical (unpaired) electrons. The van der Waals surface area contributed by atoms with E-state index in [2.05, 4.69) is 10.1 Å². The van der Waals surface area contributed by atoms with Crippen LogP contribution in [0.2, 0.25) is 10.3 Å². The minimum Gasteiger partial charge on any atom is -0.216 e. The maximum atomic E-state index is 6.16. The number of nitrogens with zero attached hydrogens (tertiary/aromatic N) is 3. The summed E-state index contributed by atoms with van der Waals surface area (Å²) < 4.78 is 1.59. The largest absolute Gasteiger partial charge is 0.216 e. The van der Waals surface area contributed by atoms with E-state index in [1.54, 1.807) is 16.8 Å². The van der Waals surface area contributed by atoms with Gasteiger partial charge in [-0.1, -0.05) is 37.0 Å². The lowest BCUT2D eigenvalue weighted by molar-refractivity contribution is 0.822. The highest BCUT2D eigenvalue weighted by molar-refractivity contribution is 6.35. The second kappa shape index (κ2) is 3.41. The van der Waals surface area contributed by atoms with Gasteiger partial charge >= 0.3 is 0 Å². The van der Waals surface area contributed by atoms with Gasteiger partial charge < -0.3 is 0 Å². The van der Waals surface area contributed by atoms with Crippen LogP contribution in [0.25, 0.3) is 5.65 Å². The summed E-state index contributed by atoms with van der Waals surface area (Å²) in [5.41, 5.74) is 1.51. The maximum absolute atomic E-state index is 6.16. The first-order chi connectivity index (χ1) is 6.61. The van der Waals surface area contributed by atoms with E-state index in [9.17, 15) is 0 Å². The molecule has 0 atom stereocenters. The standard InChI is InChI=1S/C9H9Cl2N3/c1-5(2)7-8(10)13-6-3-4-12-14(6)9(7)11/h3-5H,1-2H3. The Balaban J connectivity index is 2.82. The summed E-state index contributed by atoms with van der Waals surface area (Å²) in [6.45, 7) is 4.04. The van der Waals surface area contributed by atoms with Crippen LogP contribution in [0.4, 0.5) is 0 Å². The third-order valence-corrected chi connectivity index (χ3v) is 2.70. The fourth-order valence-corrected chi connectivity index (χ4v) is 2.25. The minimum atomic E-state index is 0.232. The van der Waals surface area contributed by atoms with Gasteiger partial charge in [-0.25, -0.2) is 9.50 Å². The molecule has 0 spiro atoms. The lowest BCUT2D eigenvalue weighted by atomic mass is 10.1. The van der Waals surface area contributed by atoms with Crippen LogP contribution in [0.15, 0.2) is 12.3 Å². The molecule has 0 saturated carbocycles. The summed E-state index contributed by atoms with van der Waals surface area (Å²) >= 11 is 12.2. The van der Waals surface area contributed by atoms with Crippen molar-refractivity contribution < 1.29 is 0 Å². The quantitative estimate of drug-likeness (QED) is 0.704. The Labute approximate surface area is 91.7 Å². The number of hydrogen-bond acceptors (Lipinski definition) is 2. The second-order valence-corrected chi connectivity index (χ2v) is 4.08. The second-order valence-electron chi connectivity index (χ2n) is 3.36. The molecule has 74 valence electrons. The van der Waals surface area contributed by atoms with Crippen molar-refractivity contribution in [2.24, 2.45) is 0 Å². The van der Waals surface area contributed by atoms with Crippen LogP contribution >= 0.6 is 23.2 Å². The van der Waals surface area contributed by atoms with Crippen LogP contribution in [0, 0.1) is 0 Å². The summed E-state index contributed by atoms with van der Waals surface area (Å²) in [5.74, 6) is 0.232. The topological polar surface area (TPSA) is 30.2 Å². The zero-order valence-electron chi connectivity index (χ0n) is 7.83. The van der Waals surface area contributed by atoms with Crippen molar-refractivity contribution in [1.82, 2.24) is 14.6 Å². The average molecular weight is 230 g/mol. The van der Waals surface area contributed by atoms with Crippen LogP contribution in [-0.4, -0.2) is 14.6 Å². The van der Waals surface area contributed by atoms with Crippen molar-refractivity contribution in [3.05, 3.63) is 28.1 Å². The average Bonchev–Trinajstić information content (AvgIpc) is 2.50. The van der Waals surface area contributed by atoms with E-state index in [1.165, 1.54) is 0 Å². The van der Waals surface area contributed by atoms with Crippen LogP contribution in [0.1, 0.15) is 25.3 Å². The molecule has 5 heteroatoms. The van der Waals surface area contributed by atoms with Gasteiger partial charge in [-0.05, 0) is 5.92 Å². The van der Waals surface area contributed by atoms with E-state index in [-0.39, 0.29) is 5.92 Å². The van der Waals surface area contributed by atoms with Gasteiger partial charge in [0.1, 0.15) is 10.3 Å². The maximum Gasteiger partial charge on any atom is 0.158 e. The van der Waals surface area contributed by atoms with Crippen LogP contribution in [-0.2, 0) is 0 Å². The van der Waals surface area contributed by atoms with Crippen molar-refractivity contribution in [3.8, 4) is 0 Å². The third kappa shape index (κ3) is 1.37. The minimum absolute atomic E-state index is 0.232. The van der Waals surface area contributed by atoms with Gasteiger partial charge in [0.05, 0.1) is 6.20 Å². The highest BCUT2D eigenvalue weighted by Crippen LogP contribution is 2.30. The Morgan fingerprint density at radius 2 is 2.07 bits per heavy atom. The molecule has 2 aromatic heterocycles. The third-order valence-electron chi connectivity index (χ3n) is 2.04. The van der Waals surface area contributed by atoms with Crippen LogP contribution < -0.4 is 0 Å². The van der Waals surface area contributed by atoms with Crippen molar-refractivity contribution in [2.75, 3.05) is 0 Å². The molecule has 0 aliphatic carbocycles. The molecule has 0 bridgehead atoms. The molecular weight excluding hydrogens is 221 g/mol. The van der Waals surface area contributed by atoms with Crippen molar-refractivity contribution in [1.29, 1.82) is 0 Å². The van der Waals surface area contributed by atoms with Crippen LogP contribution in [0.3, 0.4) is 0 Å². The van der Waals surface area contributed by atoms with Gasteiger partial charge in [0.25, 0.3) is 0 Å². The smallest absolute Gasteiger partial charge is 0.158 e. The molecule has 14 heavy (non-hydrogen) atoms. The fourth-order valence-electron chi connectivity index (χ4n) is 1.37. The Kier molecular flexibility index (Phi) is 2.37. The molecule has 0 amide bonds. The number of rotatable bonds is 1. The molecular formula is C9H9Cl2N3. The van der Waals surface area contributed by atoms with E-state index < -0.39 is 0 Å². The Morgan fingerprint density at radius 1 is 1.36 bits per heavy atom. The van der Waals surface area contributed by atoms with Gasteiger partial charge in [0.2, 0.25) is 0 Å². The van der Waals surface area contributed by atoms with Crippen molar-refractivity contribution in [3.63, 3.8) is 0 Å². The summed E-state index contributed by atoms with van der Waals surface area (Å²) in [7, 11) is 0. The van der Waals surface area contributed by atoms with Gasteiger partial charge in [-0.15, -0.1) is 0 Å². The molecule has 0 aromatic carbocycles. The summed E-state index contributed by atoms with van der Waals surface area (Å²) in [6, 6.07) is 1.77. The van der Waals surface area contributed by atoms with Gasteiger partial charge in [0.15, 0.2) is 5.65 Å².